The van der Waals surface area contributed by atoms with Crippen molar-refractivity contribution in [2.24, 2.45) is 0 Å². The van der Waals surface area contributed by atoms with Gasteiger partial charge in [0.15, 0.2) is 5.76 Å². The largest absolute Gasteiger partial charge is 0.459 e. The molecule has 3 aromatic rings. The van der Waals surface area contributed by atoms with Gasteiger partial charge >= 0.3 is 0 Å². The number of amides is 3. The minimum atomic E-state index is -0.742. The van der Waals surface area contributed by atoms with Gasteiger partial charge in [0.05, 0.1) is 12.8 Å². The zero-order valence-electron chi connectivity index (χ0n) is 19.0. The molecule has 2 N–H and O–H groups in total. The maximum Gasteiger partial charge on any atom is 0.290 e. The summed E-state index contributed by atoms with van der Waals surface area (Å²) >= 11 is 0. The Labute approximate surface area is 192 Å². The summed E-state index contributed by atoms with van der Waals surface area (Å²) in [6, 6.07) is 14.2. The van der Waals surface area contributed by atoms with Crippen LogP contribution in [0.4, 0.5) is 5.69 Å². The van der Waals surface area contributed by atoms with Crippen LogP contribution in [0.25, 0.3) is 0 Å². The van der Waals surface area contributed by atoms with E-state index in [2.05, 4.69) is 10.6 Å². The van der Waals surface area contributed by atoms with E-state index in [9.17, 15) is 14.4 Å². The van der Waals surface area contributed by atoms with Crippen LogP contribution in [0.1, 0.15) is 38.4 Å². The lowest BCUT2D eigenvalue weighted by Crippen LogP contribution is -2.53. The monoisotopic (exact) mass is 445 g/mol. The Kier molecular flexibility index (Phi) is 6.31. The van der Waals surface area contributed by atoms with Crippen molar-refractivity contribution in [2.75, 3.05) is 11.9 Å². The number of fused-ring (bicyclic) bond motifs is 1. The number of nitrogens with zero attached hydrogens (tertiary/aromatic N) is 1. The quantitative estimate of drug-likeness (QED) is 0.629. The molecule has 1 aromatic heterocycles. The first-order valence-electron chi connectivity index (χ1n) is 10.9. The molecule has 0 saturated carbocycles. The SMILES string of the molecule is Cc1cc(C)c(NC(=O)CNC(=O)C2Cc3ccccc3CN2C(=O)c2ccco2)c(C)c1. The van der Waals surface area contributed by atoms with Crippen LogP contribution in [0.15, 0.2) is 59.2 Å². The zero-order valence-corrected chi connectivity index (χ0v) is 19.0. The molecule has 7 nitrogen and oxygen atoms in total. The first-order chi connectivity index (χ1) is 15.8. The highest BCUT2D eigenvalue weighted by Gasteiger charge is 2.36. The molecule has 33 heavy (non-hydrogen) atoms. The molecular formula is C26H27N3O4. The summed E-state index contributed by atoms with van der Waals surface area (Å²) in [5.41, 5.74) is 5.80. The average molecular weight is 446 g/mol. The van der Waals surface area contributed by atoms with Gasteiger partial charge in [-0.25, -0.2) is 0 Å². The molecule has 1 aliphatic heterocycles. The fourth-order valence-electron chi connectivity index (χ4n) is 4.36. The normalized spacial score (nSPS) is 15.0. The number of anilines is 1. The standard InChI is InChI=1S/C26H27N3O4/c1-16-11-17(2)24(18(3)12-16)28-23(30)14-27-25(31)21-13-19-7-4-5-8-20(19)15-29(21)26(32)22-9-6-10-33-22/h4-12,21H,13-15H2,1-3H3,(H,27,31)(H,28,30). The van der Waals surface area contributed by atoms with E-state index in [1.807, 2.05) is 57.2 Å². The van der Waals surface area contributed by atoms with Crippen LogP contribution in [-0.4, -0.2) is 35.2 Å². The smallest absolute Gasteiger partial charge is 0.290 e. The van der Waals surface area contributed by atoms with Gasteiger partial charge in [-0.2, -0.15) is 0 Å². The Hall–Kier alpha value is -3.87. The number of hydrogen-bond donors (Lipinski definition) is 2. The molecule has 7 heteroatoms. The predicted molar refractivity (Wildman–Crippen MR) is 125 cm³/mol. The molecule has 0 radical (unpaired) electrons. The van der Waals surface area contributed by atoms with E-state index in [4.69, 9.17) is 4.42 Å². The van der Waals surface area contributed by atoms with Gasteiger partial charge in [-0.3, -0.25) is 14.4 Å². The first kappa shape index (κ1) is 22.3. The molecule has 1 unspecified atom stereocenters. The van der Waals surface area contributed by atoms with Crippen LogP contribution in [0.5, 0.6) is 0 Å². The highest BCUT2D eigenvalue weighted by Crippen LogP contribution is 2.25. The number of aryl methyl sites for hydroxylation is 3. The van der Waals surface area contributed by atoms with Gasteiger partial charge in [-0.1, -0.05) is 42.0 Å². The molecule has 0 fully saturated rings. The van der Waals surface area contributed by atoms with Gasteiger partial charge in [-0.15, -0.1) is 0 Å². The predicted octanol–water partition coefficient (Wildman–Crippen LogP) is 3.53. The van der Waals surface area contributed by atoms with Gasteiger partial charge in [0.2, 0.25) is 11.8 Å². The molecular weight excluding hydrogens is 418 g/mol. The van der Waals surface area contributed by atoms with Gasteiger partial charge < -0.3 is 20.0 Å². The second-order valence-electron chi connectivity index (χ2n) is 8.44. The minimum absolute atomic E-state index is 0.176. The molecule has 3 amide bonds. The summed E-state index contributed by atoms with van der Waals surface area (Å²) in [7, 11) is 0. The van der Waals surface area contributed by atoms with Crippen LogP contribution in [-0.2, 0) is 22.6 Å². The summed E-state index contributed by atoms with van der Waals surface area (Å²) in [5.74, 6) is -0.879. The summed E-state index contributed by atoms with van der Waals surface area (Å²) in [6.45, 7) is 5.98. The molecule has 0 saturated heterocycles. The van der Waals surface area contributed by atoms with Crippen molar-refractivity contribution in [1.29, 1.82) is 0 Å². The molecule has 0 aliphatic carbocycles. The maximum absolute atomic E-state index is 13.1. The Bertz CT molecular complexity index is 1180. The van der Waals surface area contributed by atoms with E-state index >= 15 is 0 Å². The summed E-state index contributed by atoms with van der Waals surface area (Å²) in [4.78, 5) is 40.2. The fourth-order valence-corrected chi connectivity index (χ4v) is 4.36. The summed E-state index contributed by atoms with van der Waals surface area (Å²) in [5, 5.41) is 5.59. The van der Waals surface area contributed by atoms with E-state index in [-0.39, 0.29) is 30.0 Å². The van der Waals surface area contributed by atoms with E-state index in [1.165, 1.54) is 11.2 Å². The highest BCUT2D eigenvalue weighted by atomic mass is 16.3. The van der Waals surface area contributed by atoms with Crippen molar-refractivity contribution in [3.05, 3.63) is 88.4 Å². The molecule has 170 valence electrons. The van der Waals surface area contributed by atoms with Crippen molar-refractivity contribution in [3.8, 4) is 0 Å². The Morgan fingerprint density at radius 2 is 1.70 bits per heavy atom. The van der Waals surface area contributed by atoms with Gasteiger partial charge in [0.1, 0.15) is 6.04 Å². The highest BCUT2D eigenvalue weighted by molar-refractivity contribution is 5.99. The number of benzene rings is 2. The van der Waals surface area contributed by atoms with Crippen molar-refractivity contribution in [3.63, 3.8) is 0 Å². The lowest BCUT2D eigenvalue weighted by molar-refractivity contribution is -0.128. The molecule has 2 heterocycles. The summed E-state index contributed by atoms with van der Waals surface area (Å²) in [6.07, 6.45) is 1.80. The Morgan fingerprint density at radius 3 is 2.36 bits per heavy atom. The van der Waals surface area contributed by atoms with E-state index in [1.54, 1.807) is 12.1 Å². The molecule has 2 aromatic carbocycles. The number of hydrogen-bond acceptors (Lipinski definition) is 4. The molecule has 0 bridgehead atoms. The van der Waals surface area contributed by atoms with Gasteiger partial charge in [-0.05, 0) is 55.2 Å². The third-order valence-corrected chi connectivity index (χ3v) is 5.91. The Morgan fingerprint density at radius 1 is 1.00 bits per heavy atom. The Balaban J connectivity index is 1.47. The van der Waals surface area contributed by atoms with Gasteiger partial charge in [0, 0.05) is 18.7 Å². The van der Waals surface area contributed by atoms with E-state index in [0.29, 0.717) is 13.0 Å². The first-order valence-corrected chi connectivity index (χ1v) is 10.9. The van der Waals surface area contributed by atoms with Crippen molar-refractivity contribution < 1.29 is 18.8 Å². The topological polar surface area (TPSA) is 91.7 Å². The van der Waals surface area contributed by atoms with Crippen LogP contribution in [0.2, 0.25) is 0 Å². The van der Waals surface area contributed by atoms with Crippen molar-refractivity contribution in [1.82, 2.24) is 10.2 Å². The molecule has 1 atom stereocenters. The van der Waals surface area contributed by atoms with Crippen LogP contribution in [0.3, 0.4) is 0 Å². The zero-order chi connectivity index (χ0) is 23.5. The van der Waals surface area contributed by atoms with Crippen LogP contribution < -0.4 is 10.6 Å². The number of carbonyl (C=O) groups excluding carboxylic acids is 3. The third kappa shape index (κ3) is 4.82. The average Bonchev–Trinajstić information content (AvgIpc) is 3.33. The van der Waals surface area contributed by atoms with Crippen molar-refractivity contribution in [2.45, 2.75) is 39.8 Å². The lowest BCUT2D eigenvalue weighted by Gasteiger charge is -2.35. The van der Waals surface area contributed by atoms with Crippen LogP contribution >= 0.6 is 0 Å². The fraction of sp³-hybridized carbons (Fsp3) is 0.269. The minimum Gasteiger partial charge on any atom is -0.459 e. The van der Waals surface area contributed by atoms with Crippen LogP contribution in [0, 0.1) is 20.8 Å². The van der Waals surface area contributed by atoms with E-state index < -0.39 is 6.04 Å². The second-order valence-corrected chi connectivity index (χ2v) is 8.44. The molecule has 1 aliphatic rings. The molecule has 4 rings (SSSR count). The number of carbonyl (C=O) groups is 3. The number of nitrogens with one attached hydrogen (secondary N) is 2. The van der Waals surface area contributed by atoms with E-state index in [0.717, 1.165) is 33.5 Å². The lowest BCUT2D eigenvalue weighted by atomic mass is 9.93. The van der Waals surface area contributed by atoms with Crippen molar-refractivity contribution >= 4 is 23.4 Å². The maximum atomic E-state index is 13.1. The third-order valence-electron chi connectivity index (χ3n) is 5.91. The second kappa shape index (κ2) is 9.32. The molecule has 0 spiro atoms. The number of rotatable bonds is 5. The number of furan rings is 1. The van der Waals surface area contributed by atoms with Gasteiger partial charge in [0.25, 0.3) is 5.91 Å². The summed E-state index contributed by atoms with van der Waals surface area (Å²) < 4.78 is 5.27.